The summed E-state index contributed by atoms with van der Waals surface area (Å²) in [5.74, 6) is -0.190. The van der Waals surface area contributed by atoms with Crippen LogP contribution in [-0.4, -0.2) is 48.3 Å². The van der Waals surface area contributed by atoms with E-state index in [1.54, 1.807) is 0 Å². The lowest BCUT2D eigenvalue weighted by Crippen LogP contribution is -2.48. The molecule has 0 aromatic heterocycles. The molecule has 2 atom stereocenters. The zero-order valence-electron chi connectivity index (χ0n) is 10.2. The van der Waals surface area contributed by atoms with Gasteiger partial charge in [-0.2, -0.15) is 0 Å². The first-order chi connectivity index (χ1) is 8.27. The summed E-state index contributed by atoms with van der Waals surface area (Å²) in [4.78, 5) is 13.3. The highest BCUT2D eigenvalue weighted by molar-refractivity contribution is 5.67. The number of rotatable bonds is 4. The number of morpholine rings is 1. The third kappa shape index (κ3) is 3.54. The molecular formula is C13H21NO3. The van der Waals surface area contributed by atoms with Gasteiger partial charge in [0.25, 0.3) is 0 Å². The van der Waals surface area contributed by atoms with Crippen LogP contribution in [0.1, 0.15) is 25.7 Å². The summed E-state index contributed by atoms with van der Waals surface area (Å²) in [7, 11) is 0. The Balaban J connectivity index is 2.00. The smallest absolute Gasteiger partial charge is 0.304 e. The average Bonchev–Trinajstić information content (AvgIpc) is 2.38. The molecule has 17 heavy (non-hydrogen) atoms. The second-order valence-corrected chi connectivity index (χ2v) is 4.86. The van der Waals surface area contributed by atoms with E-state index in [0.717, 1.165) is 45.6 Å². The van der Waals surface area contributed by atoms with E-state index in [-0.39, 0.29) is 12.5 Å². The SMILES string of the molecule is O=C(O)CC(C1CC=CCC1)N1CCOCC1. The fourth-order valence-electron chi connectivity index (χ4n) is 2.85. The highest BCUT2D eigenvalue weighted by Crippen LogP contribution is 2.27. The van der Waals surface area contributed by atoms with E-state index in [1.807, 2.05) is 0 Å². The van der Waals surface area contributed by atoms with E-state index >= 15 is 0 Å². The van der Waals surface area contributed by atoms with Gasteiger partial charge in [0.15, 0.2) is 0 Å². The van der Waals surface area contributed by atoms with Crippen molar-refractivity contribution in [3.8, 4) is 0 Å². The van der Waals surface area contributed by atoms with Gasteiger partial charge in [-0.15, -0.1) is 0 Å². The molecule has 1 fully saturated rings. The molecule has 0 saturated carbocycles. The lowest BCUT2D eigenvalue weighted by Gasteiger charge is -2.39. The van der Waals surface area contributed by atoms with E-state index in [1.165, 1.54) is 0 Å². The maximum atomic E-state index is 11.0. The zero-order chi connectivity index (χ0) is 12.1. The Morgan fingerprint density at radius 3 is 2.76 bits per heavy atom. The molecule has 2 aliphatic rings. The van der Waals surface area contributed by atoms with Crippen molar-refractivity contribution in [1.29, 1.82) is 0 Å². The van der Waals surface area contributed by atoms with Crippen LogP contribution in [0.25, 0.3) is 0 Å². The van der Waals surface area contributed by atoms with E-state index < -0.39 is 5.97 Å². The average molecular weight is 239 g/mol. The fourth-order valence-corrected chi connectivity index (χ4v) is 2.85. The van der Waals surface area contributed by atoms with Crippen LogP contribution in [-0.2, 0) is 9.53 Å². The minimum absolute atomic E-state index is 0.182. The summed E-state index contributed by atoms with van der Waals surface area (Å²) < 4.78 is 5.34. The Bertz CT molecular complexity index is 284. The predicted molar refractivity (Wildman–Crippen MR) is 64.9 cm³/mol. The maximum Gasteiger partial charge on any atom is 0.304 e. The predicted octanol–water partition coefficient (Wildman–Crippen LogP) is 1.52. The van der Waals surface area contributed by atoms with Gasteiger partial charge >= 0.3 is 5.97 Å². The molecule has 4 nitrogen and oxygen atoms in total. The van der Waals surface area contributed by atoms with Crippen molar-refractivity contribution in [2.75, 3.05) is 26.3 Å². The second kappa shape index (κ2) is 6.17. The molecular weight excluding hydrogens is 218 g/mol. The van der Waals surface area contributed by atoms with E-state index in [4.69, 9.17) is 9.84 Å². The first kappa shape index (κ1) is 12.6. The van der Waals surface area contributed by atoms with Crippen molar-refractivity contribution in [2.45, 2.75) is 31.7 Å². The monoisotopic (exact) mass is 239 g/mol. The summed E-state index contributed by atoms with van der Waals surface area (Å²) in [5.41, 5.74) is 0. The second-order valence-electron chi connectivity index (χ2n) is 4.86. The molecule has 1 aliphatic heterocycles. The highest BCUT2D eigenvalue weighted by atomic mass is 16.5. The Kier molecular flexibility index (Phi) is 4.57. The van der Waals surface area contributed by atoms with Gasteiger partial charge in [0.1, 0.15) is 0 Å². The normalized spacial score (nSPS) is 27.9. The van der Waals surface area contributed by atoms with Crippen molar-refractivity contribution < 1.29 is 14.6 Å². The van der Waals surface area contributed by atoms with Crippen LogP contribution in [0.15, 0.2) is 12.2 Å². The van der Waals surface area contributed by atoms with Crippen LogP contribution in [0.2, 0.25) is 0 Å². The topological polar surface area (TPSA) is 49.8 Å². The molecule has 1 N–H and O–H groups in total. The minimum atomic E-state index is -0.684. The molecule has 0 bridgehead atoms. The standard InChI is InChI=1S/C13H21NO3/c15-13(16)10-12(11-4-2-1-3-5-11)14-6-8-17-9-7-14/h1-2,11-12H,3-10H2,(H,15,16). The molecule has 0 amide bonds. The van der Waals surface area contributed by atoms with Crippen LogP contribution < -0.4 is 0 Å². The first-order valence-corrected chi connectivity index (χ1v) is 6.46. The number of carboxylic acid groups (broad SMARTS) is 1. The summed E-state index contributed by atoms with van der Waals surface area (Å²) >= 11 is 0. The van der Waals surface area contributed by atoms with Crippen molar-refractivity contribution >= 4 is 5.97 Å². The molecule has 2 unspecified atom stereocenters. The van der Waals surface area contributed by atoms with E-state index in [2.05, 4.69) is 17.1 Å². The molecule has 4 heteroatoms. The van der Waals surface area contributed by atoms with Gasteiger partial charge in [-0.05, 0) is 25.2 Å². The molecule has 0 spiro atoms. The van der Waals surface area contributed by atoms with Crippen molar-refractivity contribution in [3.63, 3.8) is 0 Å². The Labute approximate surface area is 102 Å². The number of aliphatic carboxylic acids is 1. The number of hydrogen-bond acceptors (Lipinski definition) is 3. The minimum Gasteiger partial charge on any atom is -0.481 e. The third-order valence-electron chi connectivity index (χ3n) is 3.75. The van der Waals surface area contributed by atoms with Crippen molar-refractivity contribution in [1.82, 2.24) is 4.90 Å². The van der Waals surface area contributed by atoms with Gasteiger partial charge in [-0.25, -0.2) is 0 Å². The Hall–Kier alpha value is -0.870. The molecule has 0 aromatic rings. The number of nitrogens with zero attached hydrogens (tertiary/aromatic N) is 1. The van der Waals surface area contributed by atoms with Gasteiger partial charge in [0, 0.05) is 19.1 Å². The Morgan fingerprint density at radius 2 is 2.18 bits per heavy atom. The Morgan fingerprint density at radius 1 is 1.41 bits per heavy atom. The van der Waals surface area contributed by atoms with Gasteiger partial charge in [-0.3, -0.25) is 9.69 Å². The molecule has 96 valence electrons. The molecule has 1 heterocycles. The number of hydrogen-bond donors (Lipinski definition) is 1. The number of allylic oxidation sites excluding steroid dienone is 2. The van der Waals surface area contributed by atoms with Crippen LogP contribution in [0.3, 0.4) is 0 Å². The summed E-state index contributed by atoms with van der Waals surface area (Å²) in [5, 5.41) is 9.07. The number of ether oxygens (including phenoxy) is 1. The lowest BCUT2D eigenvalue weighted by atomic mass is 9.85. The molecule has 1 saturated heterocycles. The summed E-state index contributed by atoms with van der Waals surface area (Å²) in [6.07, 6.45) is 7.89. The van der Waals surface area contributed by atoms with Crippen molar-refractivity contribution in [3.05, 3.63) is 12.2 Å². The highest BCUT2D eigenvalue weighted by Gasteiger charge is 2.30. The van der Waals surface area contributed by atoms with Crippen LogP contribution in [0.4, 0.5) is 0 Å². The summed E-state index contributed by atoms with van der Waals surface area (Å²) in [6.45, 7) is 3.22. The van der Waals surface area contributed by atoms with Gasteiger partial charge < -0.3 is 9.84 Å². The third-order valence-corrected chi connectivity index (χ3v) is 3.75. The number of carboxylic acids is 1. The van der Waals surface area contributed by atoms with Gasteiger partial charge in [-0.1, -0.05) is 12.2 Å². The molecule has 2 rings (SSSR count). The zero-order valence-corrected chi connectivity index (χ0v) is 10.2. The lowest BCUT2D eigenvalue weighted by molar-refractivity contribution is -0.139. The van der Waals surface area contributed by atoms with Crippen LogP contribution >= 0.6 is 0 Å². The molecule has 1 aliphatic carbocycles. The van der Waals surface area contributed by atoms with E-state index in [9.17, 15) is 4.79 Å². The largest absolute Gasteiger partial charge is 0.481 e. The maximum absolute atomic E-state index is 11.0. The molecule has 0 radical (unpaired) electrons. The van der Waals surface area contributed by atoms with Gasteiger partial charge in [0.2, 0.25) is 0 Å². The first-order valence-electron chi connectivity index (χ1n) is 6.46. The quantitative estimate of drug-likeness (QED) is 0.756. The number of carbonyl (C=O) groups is 1. The van der Waals surface area contributed by atoms with Crippen LogP contribution in [0, 0.1) is 5.92 Å². The summed E-state index contributed by atoms with van der Waals surface area (Å²) in [6, 6.07) is 0.182. The van der Waals surface area contributed by atoms with Gasteiger partial charge in [0.05, 0.1) is 19.6 Å². The van der Waals surface area contributed by atoms with Crippen molar-refractivity contribution in [2.24, 2.45) is 5.92 Å². The van der Waals surface area contributed by atoms with E-state index in [0.29, 0.717) is 5.92 Å². The molecule has 0 aromatic carbocycles. The van der Waals surface area contributed by atoms with Crippen LogP contribution in [0.5, 0.6) is 0 Å². The fraction of sp³-hybridized carbons (Fsp3) is 0.769.